The molecule has 0 bridgehead atoms. The predicted molar refractivity (Wildman–Crippen MR) is 100 cm³/mol. The Bertz CT molecular complexity index is 731. The SMILES string of the molecule is CCN(Cc1cccc(C(=O)Nc2c(C)noc2C)c1)C[C@H]1CCCO1. The zero-order valence-electron chi connectivity index (χ0n) is 15.7. The molecule has 2 heterocycles. The molecule has 3 rings (SSSR count). The number of ether oxygens (including phenoxy) is 1. The van der Waals surface area contributed by atoms with Gasteiger partial charge in [0.1, 0.15) is 11.4 Å². The molecule has 1 N–H and O–H groups in total. The summed E-state index contributed by atoms with van der Waals surface area (Å²) in [6.45, 7) is 9.33. The number of anilines is 1. The number of aromatic nitrogens is 1. The Balaban J connectivity index is 1.66. The zero-order valence-corrected chi connectivity index (χ0v) is 15.7. The van der Waals surface area contributed by atoms with Crippen molar-refractivity contribution < 1.29 is 14.1 Å². The molecule has 1 amide bonds. The van der Waals surface area contributed by atoms with Gasteiger partial charge in [0.05, 0.1) is 6.10 Å². The average Bonchev–Trinajstić information content (AvgIpc) is 3.26. The first-order chi connectivity index (χ1) is 12.6. The van der Waals surface area contributed by atoms with Crippen LogP contribution < -0.4 is 5.32 Å². The third-order valence-corrected chi connectivity index (χ3v) is 4.80. The number of likely N-dealkylation sites (N-methyl/N-ethyl adjacent to an activating group) is 1. The summed E-state index contributed by atoms with van der Waals surface area (Å²) in [5, 5.41) is 6.77. The van der Waals surface area contributed by atoms with Gasteiger partial charge in [-0.05, 0) is 50.9 Å². The van der Waals surface area contributed by atoms with Crippen molar-refractivity contribution in [2.75, 3.05) is 25.0 Å². The van der Waals surface area contributed by atoms with Gasteiger partial charge in [-0.1, -0.05) is 24.2 Å². The Kier molecular flexibility index (Phi) is 6.06. The lowest BCUT2D eigenvalue weighted by atomic mass is 10.1. The smallest absolute Gasteiger partial charge is 0.255 e. The molecule has 0 saturated carbocycles. The Morgan fingerprint density at radius 1 is 1.38 bits per heavy atom. The van der Waals surface area contributed by atoms with E-state index in [1.54, 1.807) is 6.92 Å². The molecular formula is C20H27N3O3. The lowest BCUT2D eigenvalue weighted by Gasteiger charge is -2.23. The number of amides is 1. The minimum Gasteiger partial charge on any atom is -0.377 e. The van der Waals surface area contributed by atoms with Crippen molar-refractivity contribution >= 4 is 11.6 Å². The Morgan fingerprint density at radius 3 is 2.88 bits per heavy atom. The number of hydrogen-bond acceptors (Lipinski definition) is 5. The molecule has 1 aliphatic rings. The van der Waals surface area contributed by atoms with E-state index in [0.717, 1.165) is 44.6 Å². The van der Waals surface area contributed by atoms with Gasteiger partial charge in [-0.15, -0.1) is 0 Å². The van der Waals surface area contributed by atoms with Crippen LogP contribution in [-0.2, 0) is 11.3 Å². The van der Waals surface area contributed by atoms with Gasteiger partial charge in [-0.3, -0.25) is 9.69 Å². The van der Waals surface area contributed by atoms with Crippen LogP contribution in [-0.4, -0.2) is 41.8 Å². The van der Waals surface area contributed by atoms with Crippen LogP contribution in [0.2, 0.25) is 0 Å². The molecule has 140 valence electrons. The minimum atomic E-state index is -0.150. The fraction of sp³-hybridized carbons (Fsp3) is 0.500. The Morgan fingerprint density at radius 2 is 2.23 bits per heavy atom. The normalized spacial score (nSPS) is 17.0. The first kappa shape index (κ1) is 18.6. The first-order valence-corrected chi connectivity index (χ1v) is 9.24. The van der Waals surface area contributed by atoms with E-state index in [-0.39, 0.29) is 5.91 Å². The molecular weight excluding hydrogens is 330 g/mol. The molecule has 6 nitrogen and oxygen atoms in total. The van der Waals surface area contributed by atoms with Gasteiger partial charge in [-0.2, -0.15) is 0 Å². The molecule has 0 unspecified atom stereocenters. The second kappa shape index (κ2) is 8.47. The number of benzene rings is 1. The van der Waals surface area contributed by atoms with Crippen LogP contribution in [0.25, 0.3) is 0 Å². The van der Waals surface area contributed by atoms with Gasteiger partial charge in [0.15, 0.2) is 5.76 Å². The Labute approximate surface area is 154 Å². The van der Waals surface area contributed by atoms with Gasteiger partial charge in [-0.25, -0.2) is 0 Å². The maximum atomic E-state index is 12.6. The highest BCUT2D eigenvalue weighted by Gasteiger charge is 2.19. The number of carbonyl (C=O) groups is 1. The van der Waals surface area contributed by atoms with Crippen LogP contribution >= 0.6 is 0 Å². The number of nitrogens with one attached hydrogen (secondary N) is 1. The second-order valence-corrected chi connectivity index (χ2v) is 6.82. The maximum Gasteiger partial charge on any atom is 0.255 e. The van der Waals surface area contributed by atoms with E-state index in [9.17, 15) is 4.79 Å². The van der Waals surface area contributed by atoms with Crippen LogP contribution in [0.1, 0.15) is 47.1 Å². The summed E-state index contributed by atoms with van der Waals surface area (Å²) >= 11 is 0. The highest BCUT2D eigenvalue weighted by Crippen LogP contribution is 2.20. The molecule has 1 atom stereocenters. The van der Waals surface area contributed by atoms with Crippen LogP contribution in [0.5, 0.6) is 0 Å². The fourth-order valence-electron chi connectivity index (χ4n) is 3.30. The highest BCUT2D eigenvalue weighted by molar-refractivity contribution is 6.04. The molecule has 1 fully saturated rings. The molecule has 1 aromatic heterocycles. The maximum absolute atomic E-state index is 12.6. The topological polar surface area (TPSA) is 67.6 Å². The van der Waals surface area contributed by atoms with E-state index in [4.69, 9.17) is 9.26 Å². The number of aryl methyl sites for hydroxylation is 2. The molecule has 1 saturated heterocycles. The summed E-state index contributed by atoms with van der Waals surface area (Å²) in [6, 6.07) is 7.77. The summed E-state index contributed by atoms with van der Waals surface area (Å²) in [6.07, 6.45) is 2.62. The second-order valence-electron chi connectivity index (χ2n) is 6.82. The molecule has 6 heteroatoms. The van der Waals surface area contributed by atoms with Crippen LogP contribution in [0, 0.1) is 13.8 Å². The zero-order chi connectivity index (χ0) is 18.5. The van der Waals surface area contributed by atoms with Crippen molar-refractivity contribution in [3.8, 4) is 0 Å². The molecule has 1 aliphatic heterocycles. The third kappa shape index (κ3) is 4.51. The van der Waals surface area contributed by atoms with Gasteiger partial charge < -0.3 is 14.6 Å². The van der Waals surface area contributed by atoms with Crippen molar-refractivity contribution in [3.05, 3.63) is 46.8 Å². The van der Waals surface area contributed by atoms with E-state index in [1.807, 2.05) is 25.1 Å². The fourth-order valence-corrected chi connectivity index (χ4v) is 3.30. The average molecular weight is 357 g/mol. The van der Waals surface area contributed by atoms with Gasteiger partial charge in [0.2, 0.25) is 0 Å². The summed E-state index contributed by atoms with van der Waals surface area (Å²) < 4.78 is 10.8. The number of hydrogen-bond donors (Lipinski definition) is 1. The first-order valence-electron chi connectivity index (χ1n) is 9.24. The van der Waals surface area contributed by atoms with E-state index >= 15 is 0 Å². The van der Waals surface area contributed by atoms with Crippen LogP contribution in [0.3, 0.4) is 0 Å². The molecule has 2 aromatic rings. The number of carbonyl (C=O) groups excluding carboxylic acids is 1. The van der Waals surface area contributed by atoms with Crippen molar-refractivity contribution in [3.63, 3.8) is 0 Å². The van der Waals surface area contributed by atoms with Gasteiger partial charge in [0, 0.05) is 25.3 Å². The van der Waals surface area contributed by atoms with Crippen molar-refractivity contribution in [2.24, 2.45) is 0 Å². The molecule has 0 aliphatic carbocycles. The Hall–Kier alpha value is -2.18. The number of nitrogens with zero attached hydrogens (tertiary/aromatic N) is 2. The van der Waals surface area contributed by atoms with Gasteiger partial charge in [0.25, 0.3) is 5.91 Å². The highest BCUT2D eigenvalue weighted by atomic mass is 16.5. The van der Waals surface area contributed by atoms with Crippen molar-refractivity contribution in [1.29, 1.82) is 0 Å². The van der Waals surface area contributed by atoms with Crippen LogP contribution in [0.15, 0.2) is 28.8 Å². The summed E-state index contributed by atoms with van der Waals surface area (Å²) in [5.41, 5.74) is 3.08. The molecule has 1 aromatic carbocycles. The monoisotopic (exact) mass is 357 g/mol. The molecule has 0 radical (unpaired) electrons. The van der Waals surface area contributed by atoms with Crippen molar-refractivity contribution in [1.82, 2.24) is 10.1 Å². The molecule has 26 heavy (non-hydrogen) atoms. The number of rotatable bonds is 7. The lowest BCUT2D eigenvalue weighted by Crippen LogP contribution is -2.31. The quantitative estimate of drug-likeness (QED) is 0.821. The summed E-state index contributed by atoms with van der Waals surface area (Å²) in [7, 11) is 0. The van der Waals surface area contributed by atoms with E-state index in [1.165, 1.54) is 0 Å². The van der Waals surface area contributed by atoms with E-state index in [2.05, 4.69) is 28.4 Å². The summed E-state index contributed by atoms with van der Waals surface area (Å²) in [4.78, 5) is 15.0. The van der Waals surface area contributed by atoms with E-state index < -0.39 is 0 Å². The molecule has 0 spiro atoms. The minimum absolute atomic E-state index is 0.150. The lowest BCUT2D eigenvalue weighted by molar-refractivity contribution is 0.0724. The largest absolute Gasteiger partial charge is 0.377 e. The van der Waals surface area contributed by atoms with Gasteiger partial charge >= 0.3 is 0 Å². The van der Waals surface area contributed by atoms with Crippen LogP contribution in [0.4, 0.5) is 5.69 Å². The third-order valence-electron chi connectivity index (χ3n) is 4.80. The standard InChI is InChI=1S/C20H27N3O3/c1-4-23(13-18-9-6-10-25-18)12-16-7-5-8-17(11-16)20(24)21-19-14(2)22-26-15(19)3/h5,7-8,11,18H,4,6,9-10,12-13H2,1-3H3,(H,21,24)/t18-/m1/s1. The predicted octanol–water partition coefficient (Wildman–Crippen LogP) is 3.54. The van der Waals surface area contributed by atoms with Crippen molar-refractivity contribution in [2.45, 2.75) is 46.3 Å². The van der Waals surface area contributed by atoms with E-state index in [0.29, 0.717) is 28.8 Å². The summed E-state index contributed by atoms with van der Waals surface area (Å²) in [5.74, 6) is 0.462.